The van der Waals surface area contributed by atoms with Crippen molar-refractivity contribution in [1.29, 1.82) is 0 Å². The van der Waals surface area contributed by atoms with Crippen LogP contribution in [-0.4, -0.2) is 0 Å². The first-order valence-corrected chi connectivity index (χ1v) is 6.51. The summed E-state index contributed by atoms with van der Waals surface area (Å²) in [7, 11) is 0. The van der Waals surface area contributed by atoms with Crippen LogP contribution >= 0.6 is 0 Å². The Kier molecular flexibility index (Phi) is 3.38. The second kappa shape index (κ2) is 5.49. The van der Waals surface area contributed by atoms with E-state index in [-0.39, 0.29) is 0 Å². The summed E-state index contributed by atoms with van der Waals surface area (Å²) in [5, 5.41) is 0. The lowest BCUT2D eigenvalue weighted by Gasteiger charge is -2.08. The lowest BCUT2D eigenvalue weighted by molar-refractivity contribution is 0.483. The zero-order valence-electron chi connectivity index (χ0n) is 11.0. The molecule has 0 atom stereocenters. The number of hydrogen-bond donors (Lipinski definition) is 1. The van der Waals surface area contributed by atoms with Crippen molar-refractivity contribution in [2.75, 3.05) is 5.73 Å². The van der Waals surface area contributed by atoms with E-state index in [0.717, 1.165) is 28.3 Å². The van der Waals surface area contributed by atoms with E-state index in [0.29, 0.717) is 0 Å². The molecule has 3 rings (SSSR count). The van der Waals surface area contributed by atoms with Gasteiger partial charge in [0.05, 0.1) is 0 Å². The highest BCUT2D eigenvalue weighted by molar-refractivity contribution is 5.76. The molecule has 3 aromatic rings. The second-order valence-electron chi connectivity index (χ2n) is 4.53. The van der Waals surface area contributed by atoms with E-state index in [1.807, 2.05) is 78.9 Å². The van der Waals surface area contributed by atoms with Crippen LogP contribution < -0.4 is 10.5 Å². The van der Waals surface area contributed by atoms with Crippen molar-refractivity contribution < 1.29 is 4.74 Å². The van der Waals surface area contributed by atoms with Crippen LogP contribution in [0.5, 0.6) is 11.5 Å². The van der Waals surface area contributed by atoms with Gasteiger partial charge in [0.25, 0.3) is 0 Å². The first kappa shape index (κ1) is 12.3. The molecule has 0 aliphatic rings. The predicted molar refractivity (Wildman–Crippen MR) is 82.8 cm³/mol. The zero-order chi connectivity index (χ0) is 13.8. The molecule has 0 aromatic heterocycles. The van der Waals surface area contributed by atoms with Crippen molar-refractivity contribution in [1.82, 2.24) is 0 Å². The third kappa shape index (κ3) is 2.64. The molecule has 20 heavy (non-hydrogen) atoms. The van der Waals surface area contributed by atoms with Crippen molar-refractivity contribution in [2.45, 2.75) is 0 Å². The Balaban J connectivity index is 1.83. The lowest BCUT2D eigenvalue weighted by atomic mass is 10.0. The van der Waals surface area contributed by atoms with E-state index in [4.69, 9.17) is 10.5 Å². The predicted octanol–water partition coefficient (Wildman–Crippen LogP) is 4.73. The van der Waals surface area contributed by atoms with Gasteiger partial charge in [-0.3, -0.25) is 0 Å². The molecule has 0 fully saturated rings. The van der Waals surface area contributed by atoms with Gasteiger partial charge in [-0.15, -0.1) is 0 Å². The lowest BCUT2D eigenvalue weighted by Crippen LogP contribution is -1.89. The summed E-state index contributed by atoms with van der Waals surface area (Å²) in [6.45, 7) is 0. The normalized spacial score (nSPS) is 10.2. The summed E-state index contributed by atoms with van der Waals surface area (Å²) in [6, 6.07) is 25.5. The van der Waals surface area contributed by atoms with Gasteiger partial charge < -0.3 is 10.5 Å². The van der Waals surface area contributed by atoms with Gasteiger partial charge in [-0.25, -0.2) is 0 Å². The largest absolute Gasteiger partial charge is 0.457 e. The molecular formula is C18H15NO. The molecule has 0 heterocycles. The molecule has 2 heteroatoms. The summed E-state index contributed by atoms with van der Waals surface area (Å²) < 4.78 is 5.77. The van der Waals surface area contributed by atoms with E-state index in [1.165, 1.54) is 0 Å². The molecule has 3 aromatic carbocycles. The molecule has 0 spiro atoms. The maximum Gasteiger partial charge on any atom is 0.127 e. The second-order valence-corrected chi connectivity index (χ2v) is 4.53. The van der Waals surface area contributed by atoms with E-state index in [1.54, 1.807) is 0 Å². The van der Waals surface area contributed by atoms with Crippen LogP contribution in [0, 0.1) is 0 Å². The van der Waals surface area contributed by atoms with Crippen molar-refractivity contribution in [2.24, 2.45) is 0 Å². The molecule has 0 unspecified atom stereocenters. The van der Waals surface area contributed by atoms with E-state index in [2.05, 4.69) is 0 Å². The van der Waals surface area contributed by atoms with Gasteiger partial charge in [-0.1, -0.05) is 48.5 Å². The summed E-state index contributed by atoms with van der Waals surface area (Å²) in [5.74, 6) is 1.65. The van der Waals surface area contributed by atoms with Crippen molar-refractivity contribution in [3.05, 3.63) is 78.9 Å². The highest BCUT2D eigenvalue weighted by Crippen LogP contribution is 2.28. The summed E-state index contributed by atoms with van der Waals surface area (Å²) in [6.07, 6.45) is 0. The molecule has 0 aliphatic heterocycles. The summed E-state index contributed by atoms with van der Waals surface area (Å²) in [4.78, 5) is 0. The van der Waals surface area contributed by atoms with Gasteiger partial charge in [0, 0.05) is 11.3 Å². The Labute approximate surface area is 118 Å². The van der Waals surface area contributed by atoms with Crippen molar-refractivity contribution >= 4 is 5.69 Å². The Morgan fingerprint density at radius 3 is 1.90 bits per heavy atom. The number of hydrogen-bond acceptors (Lipinski definition) is 2. The van der Waals surface area contributed by atoms with Gasteiger partial charge in [0.1, 0.15) is 11.5 Å². The highest BCUT2D eigenvalue weighted by atomic mass is 16.5. The van der Waals surface area contributed by atoms with Crippen molar-refractivity contribution in [3.63, 3.8) is 0 Å². The molecule has 0 radical (unpaired) electrons. The summed E-state index contributed by atoms with van der Waals surface area (Å²) >= 11 is 0. The Morgan fingerprint density at radius 2 is 1.20 bits per heavy atom. The number of ether oxygens (including phenoxy) is 1. The molecule has 2 nitrogen and oxygen atoms in total. The number of para-hydroxylation sites is 2. The van der Waals surface area contributed by atoms with Gasteiger partial charge >= 0.3 is 0 Å². The van der Waals surface area contributed by atoms with Crippen LogP contribution in [0.25, 0.3) is 11.1 Å². The molecule has 0 amide bonds. The maximum absolute atomic E-state index is 5.98. The fourth-order valence-electron chi connectivity index (χ4n) is 2.09. The third-order valence-electron chi connectivity index (χ3n) is 3.11. The number of anilines is 1. The Morgan fingerprint density at radius 1 is 0.600 bits per heavy atom. The number of benzene rings is 3. The maximum atomic E-state index is 5.98. The monoisotopic (exact) mass is 261 g/mol. The fourth-order valence-corrected chi connectivity index (χ4v) is 2.09. The molecular weight excluding hydrogens is 246 g/mol. The van der Waals surface area contributed by atoms with Crippen LogP contribution in [0.15, 0.2) is 78.9 Å². The van der Waals surface area contributed by atoms with E-state index >= 15 is 0 Å². The minimum Gasteiger partial charge on any atom is -0.457 e. The number of nitrogens with two attached hydrogens (primary N) is 1. The van der Waals surface area contributed by atoms with Crippen LogP contribution in [-0.2, 0) is 0 Å². The smallest absolute Gasteiger partial charge is 0.127 e. The molecule has 98 valence electrons. The fraction of sp³-hybridized carbons (Fsp3) is 0. The first-order chi connectivity index (χ1) is 9.83. The van der Waals surface area contributed by atoms with Crippen LogP contribution in [0.2, 0.25) is 0 Å². The van der Waals surface area contributed by atoms with Crippen LogP contribution in [0.3, 0.4) is 0 Å². The average molecular weight is 261 g/mol. The quantitative estimate of drug-likeness (QED) is 0.692. The highest BCUT2D eigenvalue weighted by Gasteiger charge is 2.02. The number of rotatable bonds is 3. The topological polar surface area (TPSA) is 35.2 Å². The van der Waals surface area contributed by atoms with Gasteiger partial charge in [-0.2, -0.15) is 0 Å². The average Bonchev–Trinajstić information content (AvgIpc) is 2.50. The minimum atomic E-state index is 0.782. The van der Waals surface area contributed by atoms with Crippen LogP contribution in [0.1, 0.15) is 0 Å². The minimum absolute atomic E-state index is 0.782. The SMILES string of the molecule is Nc1ccccc1-c1ccc(Oc2ccccc2)cc1. The molecule has 0 aliphatic carbocycles. The Hall–Kier alpha value is -2.74. The first-order valence-electron chi connectivity index (χ1n) is 6.51. The zero-order valence-corrected chi connectivity index (χ0v) is 11.0. The number of nitrogen functional groups attached to an aromatic ring is 1. The Bertz CT molecular complexity index is 690. The molecule has 0 saturated heterocycles. The van der Waals surface area contributed by atoms with Gasteiger partial charge in [0.2, 0.25) is 0 Å². The van der Waals surface area contributed by atoms with E-state index in [9.17, 15) is 0 Å². The summed E-state index contributed by atoms with van der Waals surface area (Å²) in [5.41, 5.74) is 8.89. The molecule has 0 saturated carbocycles. The van der Waals surface area contributed by atoms with Gasteiger partial charge in [0.15, 0.2) is 0 Å². The van der Waals surface area contributed by atoms with Gasteiger partial charge in [-0.05, 0) is 35.9 Å². The van der Waals surface area contributed by atoms with Crippen molar-refractivity contribution in [3.8, 4) is 22.6 Å². The third-order valence-corrected chi connectivity index (χ3v) is 3.11. The van der Waals surface area contributed by atoms with E-state index < -0.39 is 0 Å². The molecule has 0 bridgehead atoms. The van der Waals surface area contributed by atoms with Crippen LogP contribution in [0.4, 0.5) is 5.69 Å². The molecule has 2 N–H and O–H groups in total. The standard InChI is InChI=1S/C18H15NO/c19-18-9-5-4-8-17(18)14-10-12-16(13-11-14)20-15-6-2-1-3-7-15/h1-13H,19H2.